The number of carbonyl (C=O) groups is 2. The molecule has 6 heteroatoms. The van der Waals surface area contributed by atoms with Gasteiger partial charge in [-0.1, -0.05) is 20.8 Å². The van der Waals surface area contributed by atoms with E-state index in [1.54, 1.807) is 0 Å². The Morgan fingerprint density at radius 1 is 1.21 bits per heavy atom. The zero-order chi connectivity index (χ0) is 20.5. The molecule has 3 rings (SSSR count). The number of rotatable bonds is 4. The number of hydrogen-bond donors (Lipinski definition) is 3. The molecule has 6 nitrogen and oxygen atoms in total. The number of aliphatic hydroxyl groups excluding tert-OH is 1. The number of aliphatic hydroxyl groups is 1. The SMILES string of the molecule is CCNC(=O)N[C@H]1CC[C@]2(C)CC[C@H]([C@H](C)C(=O)N3CCCC3)[C@H](O)[C@H]2[C@@H]1C. The second-order valence-corrected chi connectivity index (χ2v) is 9.70. The van der Waals surface area contributed by atoms with Crippen molar-refractivity contribution in [1.82, 2.24) is 15.5 Å². The minimum absolute atomic E-state index is 0.0110. The highest BCUT2D eigenvalue weighted by molar-refractivity contribution is 5.79. The van der Waals surface area contributed by atoms with E-state index >= 15 is 0 Å². The van der Waals surface area contributed by atoms with Crippen LogP contribution in [0.4, 0.5) is 4.79 Å². The number of nitrogens with one attached hydrogen (secondary N) is 2. The fourth-order valence-electron chi connectivity index (χ4n) is 6.29. The van der Waals surface area contributed by atoms with E-state index in [0.717, 1.165) is 51.6 Å². The molecule has 3 amide bonds. The average Bonchev–Trinajstić information content (AvgIpc) is 3.18. The van der Waals surface area contributed by atoms with Gasteiger partial charge in [0, 0.05) is 31.6 Å². The maximum absolute atomic E-state index is 12.9. The minimum atomic E-state index is -0.492. The first-order chi connectivity index (χ1) is 13.3. The largest absolute Gasteiger partial charge is 0.392 e. The molecular formula is C22H39N3O3. The van der Waals surface area contributed by atoms with Crippen LogP contribution in [0.2, 0.25) is 0 Å². The summed E-state index contributed by atoms with van der Waals surface area (Å²) in [6.45, 7) is 10.7. The van der Waals surface area contributed by atoms with Crippen LogP contribution in [-0.2, 0) is 4.79 Å². The van der Waals surface area contributed by atoms with E-state index in [1.807, 2.05) is 18.7 Å². The van der Waals surface area contributed by atoms with Gasteiger partial charge < -0.3 is 20.6 Å². The molecule has 0 radical (unpaired) electrons. The van der Waals surface area contributed by atoms with E-state index in [4.69, 9.17) is 0 Å². The Morgan fingerprint density at radius 3 is 2.50 bits per heavy atom. The van der Waals surface area contributed by atoms with E-state index < -0.39 is 6.10 Å². The standard InChI is InChI=1S/C22H39N3O3/c1-5-23-21(28)24-17-9-11-22(4)10-8-16(19(26)18(22)15(17)3)14(2)20(27)25-12-6-7-13-25/h14-19,26H,5-13H2,1-4H3,(H2,23,24,28)/t14-,15+,16+,17-,18+,19-,22-/m0/s1. The Balaban J connectivity index is 1.72. The number of urea groups is 1. The summed E-state index contributed by atoms with van der Waals surface area (Å²) in [6, 6.07) is -0.0509. The molecule has 0 unspecified atom stereocenters. The fourth-order valence-corrected chi connectivity index (χ4v) is 6.29. The lowest BCUT2D eigenvalue weighted by Gasteiger charge is -2.56. The smallest absolute Gasteiger partial charge is 0.315 e. The number of hydrogen-bond acceptors (Lipinski definition) is 3. The van der Waals surface area contributed by atoms with Gasteiger partial charge in [0.05, 0.1) is 6.10 Å². The van der Waals surface area contributed by atoms with Crippen molar-refractivity contribution in [2.75, 3.05) is 19.6 Å². The Morgan fingerprint density at radius 2 is 1.86 bits per heavy atom. The third-order valence-electron chi connectivity index (χ3n) is 7.99. The summed E-state index contributed by atoms with van der Waals surface area (Å²) in [5.74, 6) is 0.387. The van der Waals surface area contributed by atoms with E-state index in [0.29, 0.717) is 6.54 Å². The van der Waals surface area contributed by atoms with Crippen molar-refractivity contribution in [3.8, 4) is 0 Å². The molecule has 1 heterocycles. The van der Waals surface area contributed by atoms with E-state index in [1.165, 1.54) is 0 Å². The van der Waals surface area contributed by atoms with Crippen LogP contribution >= 0.6 is 0 Å². The van der Waals surface area contributed by atoms with Crippen molar-refractivity contribution in [1.29, 1.82) is 0 Å². The minimum Gasteiger partial charge on any atom is -0.392 e. The van der Waals surface area contributed by atoms with Crippen LogP contribution in [0.15, 0.2) is 0 Å². The first kappa shape index (κ1) is 21.4. The lowest BCUT2D eigenvalue weighted by Crippen LogP contribution is -2.59. The fraction of sp³-hybridized carbons (Fsp3) is 0.909. The molecular weight excluding hydrogens is 354 g/mol. The number of likely N-dealkylation sites (tertiary alicyclic amines) is 1. The quantitative estimate of drug-likeness (QED) is 0.687. The molecule has 3 fully saturated rings. The highest BCUT2D eigenvalue weighted by atomic mass is 16.3. The molecule has 160 valence electrons. The highest BCUT2D eigenvalue weighted by Gasteiger charge is 2.54. The lowest BCUT2D eigenvalue weighted by atomic mass is 9.51. The van der Waals surface area contributed by atoms with Crippen molar-refractivity contribution in [3.63, 3.8) is 0 Å². The van der Waals surface area contributed by atoms with Gasteiger partial charge in [0.25, 0.3) is 0 Å². The second-order valence-electron chi connectivity index (χ2n) is 9.70. The van der Waals surface area contributed by atoms with E-state index in [2.05, 4.69) is 24.5 Å². The molecule has 3 aliphatic rings. The van der Waals surface area contributed by atoms with Crippen LogP contribution in [0.25, 0.3) is 0 Å². The Kier molecular flexibility index (Phi) is 6.58. The van der Waals surface area contributed by atoms with Gasteiger partial charge in [-0.05, 0) is 68.6 Å². The Hall–Kier alpha value is -1.30. The number of amides is 3. The van der Waals surface area contributed by atoms with E-state index in [-0.39, 0.29) is 47.1 Å². The molecule has 0 spiro atoms. The maximum Gasteiger partial charge on any atom is 0.315 e. The molecule has 0 aromatic carbocycles. The third-order valence-corrected chi connectivity index (χ3v) is 7.99. The normalized spacial score (nSPS) is 39.2. The van der Waals surface area contributed by atoms with Crippen LogP contribution < -0.4 is 10.6 Å². The molecule has 3 N–H and O–H groups in total. The number of fused-ring (bicyclic) bond motifs is 1. The molecule has 1 aliphatic heterocycles. The monoisotopic (exact) mass is 393 g/mol. The summed E-state index contributed by atoms with van der Waals surface area (Å²) in [4.78, 5) is 27.0. The number of carbonyl (C=O) groups excluding carboxylic acids is 2. The van der Waals surface area contributed by atoms with Crippen molar-refractivity contribution in [2.24, 2.45) is 29.1 Å². The van der Waals surface area contributed by atoms with Crippen molar-refractivity contribution >= 4 is 11.9 Å². The van der Waals surface area contributed by atoms with Crippen molar-refractivity contribution < 1.29 is 14.7 Å². The average molecular weight is 394 g/mol. The summed E-state index contributed by atoms with van der Waals surface area (Å²) in [5, 5.41) is 17.4. The van der Waals surface area contributed by atoms with Gasteiger partial charge in [0.2, 0.25) is 5.91 Å². The first-order valence-corrected chi connectivity index (χ1v) is 11.3. The van der Waals surface area contributed by atoms with Crippen LogP contribution in [0.1, 0.15) is 66.2 Å². The topological polar surface area (TPSA) is 81.7 Å². The molecule has 0 aromatic rings. The Labute approximate surface area is 169 Å². The summed E-state index contributed by atoms with van der Waals surface area (Å²) in [5.41, 5.74) is 0.0885. The molecule has 7 atom stereocenters. The zero-order valence-electron chi connectivity index (χ0n) is 18.0. The van der Waals surface area contributed by atoms with Gasteiger partial charge in [-0.3, -0.25) is 4.79 Å². The summed E-state index contributed by atoms with van der Waals surface area (Å²) < 4.78 is 0. The summed E-state index contributed by atoms with van der Waals surface area (Å²) in [7, 11) is 0. The lowest BCUT2D eigenvalue weighted by molar-refractivity contribution is -0.149. The third kappa shape index (κ3) is 4.03. The van der Waals surface area contributed by atoms with Gasteiger partial charge in [-0.2, -0.15) is 0 Å². The van der Waals surface area contributed by atoms with Crippen molar-refractivity contribution in [3.05, 3.63) is 0 Å². The van der Waals surface area contributed by atoms with Crippen LogP contribution in [0, 0.1) is 29.1 Å². The molecule has 0 aromatic heterocycles. The van der Waals surface area contributed by atoms with Gasteiger partial charge in [0.15, 0.2) is 0 Å². The summed E-state index contributed by atoms with van der Waals surface area (Å²) >= 11 is 0. The van der Waals surface area contributed by atoms with Crippen LogP contribution in [0.3, 0.4) is 0 Å². The zero-order valence-corrected chi connectivity index (χ0v) is 18.0. The predicted molar refractivity (Wildman–Crippen MR) is 110 cm³/mol. The number of nitrogens with zero attached hydrogens (tertiary/aromatic N) is 1. The van der Waals surface area contributed by atoms with Crippen molar-refractivity contribution in [2.45, 2.75) is 78.4 Å². The van der Waals surface area contributed by atoms with E-state index in [9.17, 15) is 14.7 Å². The molecule has 0 bridgehead atoms. The van der Waals surface area contributed by atoms with Gasteiger partial charge in [-0.25, -0.2) is 4.79 Å². The molecule has 2 saturated carbocycles. The molecule has 2 aliphatic carbocycles. The van der Waals surface area contributed by atoms with Gasteiger partial charge in [0.1, 0.15) is 0 Å². The Bertz CT molecular complexity index is 577. The summed E-state index contributed by atoms with van der Waals surface area (Å²) in [6.07, 6.45) is 5.62. The van der Waals surface area contributed by atoms with Gasteiger partial charge >= 0.3 is 6.03 Å². The molecule has 1 saturated heterocycles. The van der Waals surface area contributed by atoms with Crippen LogP contribution in [-0.4, -0.2) is 53.7 Å². The predicted octanol–water partition coefficient (Wildman–Crippen LogP) is 2.76. The second kappa shape index (κ2) is 8.60. The molecule has 28 heavy (non-hydrogen) atoms. The first-order valence-electron chi connectivity index (χ1n) is 11.3. The highest BCUT2D eigenvalue weighted by Crippen LogP contribution is 2.55. The maximum atomic E-state index is 12.9. The van der Waals surface area contributed by atoms with Gasteiger partial charge in [-0.15, -0.1) is 0 Å². The van der Waals surface area contributed by atoms with Crippen LogP contribution in [0.5, 0.6) is 0 Å².